The molecule has 1 saturated carbocycles. The summed E-state index contributed by atoms with van der Waals surface area (Å²) in [6, 6.07) is 8.34. The predicted molar refractivity (Wildman–Crippen MR) is 90.0 cm³/mol. The summed E-state index contributed by atoms with van der Waals surface area (Å²) in [6.45, 7) is 1.04. The number of carbonyl (C=O) groups excluding carboxylic acids is 2. The lowest BCUT2D eigenvalue weighted by Crippen LogP contribution is -2.35. The number of likely N-dealkylation sites (tertiary alicyclic amines) is 1. The van der Waals surface area contributed by atoms with Crippen molar-refractivity contribution in [2.24, 2.45) is 13.0 Å². The van der Waals surface area contributed by atoms with Crippen molar-refractivity contribution in [1.82, 2.24) is 19.4 Å². The third-order valence-corrected chi connectivity index (χ3v) is 5.13. The molecule has 1 aliphatic carbocycles. The third kappa shape index (κ3) is 2.56. The number of para-hydroxylation sites is 2. The molecule has 1 aliphatic heterocycles. The number of imidazole rings is 1. The van der Waals surface area contributed by atoms with Gasteiger partial charge in [-0.1, -0.05) is 12.1 Å². The van der Waals surface area contributed by atoms with E-state index in [2.05, 4.69) is 4.98 Å². The van der Waals surface area contributed by atoms with E-state index in [1.54, 1.807) is 11.9 Å². The number of amides is 2. The predicted octanol–water partition coefficient (Wildman–Crippen LogP) is 1.54. The van der Waals surface area contributed by atoms with Gasteiger partial charge in [-0.15, -0.1) is 0 Å². The lowest BCUT2D eigenvalue weighted by molar-refractivity contribution is -0.135. The zero-order valence-corrected chi connectivity index (χ0v) is 14.1. The van der Waals surface area contributed by atoms with Gasteiger partial charge in [0.05, 0.1) is 23.5 Å². The lowest BCUT2D eigenvalue weighted by atomic mass is 10.1. The molecule has 2 aliphatic rings. The first-order valence-electron chi connectivity index (χ1n) is 8.49. The van der Waals surface area contributed by atoms with Gasteiger partial charge in [0.1, 0.15) is 5.82 Å². The van der Waals surface area contributed by atoms with Gasteiger partial charge < -0.3 is 14.4 Å². The maximum absolute atomic E-state index is 12.7. The van der Waals surface area contributed by atoms with Crippen molar-refractivity contribution in [3.63, 3.8) is 0 Å². The molecule has 2 aromatic rings. The van der Waals surface area contributed by atoms with Crippen molar-refractivity contribution in [2.45, 2.75) is 31.8 Å². The molecule has 2 heterocycles. The molecule has 1 saturated heterocycles. The summed E-state index contributed by atoms with van der Waals surface area (Å²) in [6.07, 6.45) is 2.52. The van der Waals surface area contributed by atoms with E-state index in [1.165, 1.54) is 0 Å². The first kappa shape index (κ1) is 15.2. The summed E-state index contributed by atoms with van der Waals surface area (Å²) < 4.78 is 2.02. The van der Waals surface area contributed by atoms with E-state index in [0.717, 1.165) is 29.7 Å². The van der Waals surface area contributed by atoms with Crippen molar-refractivity contribution in [3.05, 3.63) is 30.1 Å². The average Bonchev–Trinajstić information content (AvgIpc) is 3.28. The zero-order valence-electron chi connectivity index (χ0n) is 14.1. The number of hydrogen-bond donors (Lipinski definition) is 0. The normalized spacial score (nSPS) is 20.8. The molecule has 2 amide bonds. The molecule has 0 spiro atoms. The Balaban J connectivity index is 1.47. The molecule has 24 heavy (non-hydrogen) atoms. The molecule has 6 heteroatoms. The first-order chi connectivity index (χ1) is 11.5. The summed E-state index contributed by atoms with van der Waals surface area (Å²) in [4.78, 5) is 33.0. The van der Waals surface area contributed by atoms with Gasteiger partial charge in [0.25, 0.3) is 0 Å². The molecule has 0 unspecified atom stereocenters. The number of aromatic nitrogens is 2. The maximum Gasteiger partial charge on any atom is 0.228 e. The molecule has 1 atom stereocenters. The van der Waals surface area contributed by atoms with E-state index in [0.29, 0.717) is 25.6 Å². The summed E-state index contributed by atoms with van der Waals surface area (Å²) in [5.41, 5.74) is 2.00. The maximum atomic E-state index is 12.7. The highest BCUT2D eigenvalue weighted by molar-refractivity contribution is 5.89. The van der Waals surface area contributed by atoms with E-state index in [1.807, 2.05) is 40.8 Å². The minimum atomic E-state index is -0.210. The van der Waals surface area contributed by atoms with Crippen LogP contribution >= 0.6 is 0 Å². The number of aryl methyl sites for hydroxylation is 1. The number of hydrogen-bond acceptors (Lipinski definition) is 3. The van der Waals surface area contributed by atoms with Crippen LogP contribution in [0.4, 0.5) is 0 Å². The summed E-state index contributed by atoms with van der Waals surface area (Å²) in [7, 11) is 3.77. The SMILES string of the molecule is CN(Cc1nc2ccccc2n1C)C(=O)[C@H]1CC(=O)N(C2CC2)C1. The molecule has 0 radical (unpaired) electrons. The Morgan fingerprint density at radius 1 is 1.33 bits per heavy atom. The summed E-state index contributed by atoms with van der Waals surface area (Å²) in [5, 5.41) is 0. The van der Waals surface area contributed by atoms with Gasteiger partial charge in [0.2, 0.25) is 11.8 Å². The van der Waals surface area contributed by atoms with Crippen LogP contribution in [0.5, 0.6) is 0 Å². The molecule has 2 fully saturated rings. The van der Waals surface area contributed by atoms with Gasteiger partial charge in [0.15, 0.2) is 0 Å². The van der Waals surface area contributed by atoms with Gasteiger partial charge in [0, 0.05) is 33.1 Å². The van der Waals surface area contributed by atoms with Crippen molar-refractivity contribution in [2.75, 3.05) is 13.6 Å². The van der Waals surface area contributed by atoms with Crippen LogP contribution in [0, 0.1) is 5.92 Å². The highest BCUT2D eigenvalue weighted by atomic mass is 16.2. The van der Waals surface area contributed by atoms with Crippen LogP contribution in [0.15, 0.2) is 24.3 Å². The monoisotopic (exact) mass is 326 g/mol. The fourth-order valence-corrected chi connectivity index (χ4v) is 3.57. The Morgan fingerprint density at radius 2 is 2.08 bits per heavy atom. The van der Waals surface area contributed by atoms with E-state index >= 15 is 0 Å². The smallest absolute Gasteiger partial charge is 0.228 e. The zero-order chi connectivity index (χ0) is 16.8. The number of nitrogens with zero attached hydrogens (tertiary/aromatic N) is 4. The molecule has 4 rings (SSSR count). The highest BCUT2D eigenvalue weighted by Gasteiger charge is 2.42. The van der Waals surface area contributed by atoms with E-state index < -0.39 is 0 Å². The van der Waals surface area contributed by atoms with Crippen LogP contribution in [0.25, 0.3) is 11.0 Å². The van der Waals surface area contributed by atoms with Gasteiger partial charge in [-0.25, -0.2) is 4.98 Å². The van der Waals surface area contributed by atoms with Crippen LogP contribution in [-0.2, 0) is 23.2 Å². The Hall–Kier alpha value is -2.37. The third-order valence-electron chi connectivity index (χ3n) is 5.13. The second-order valence-electron chi connectivity index (χ2n) is 6.95. The topological polar surface area (TPSA) is 58.4 Å². The minimum absolute atomic E-state index is 0.0403. The van der Waals surface area contributed by atoms with Gasteiger partial charge in [-0.3, -0.25) is 9.59 Å². The molecule has 1 aromatic carbocycles. The number of benzene rings is 1. The number of fused-ring (bicyclic) bond motifs is 1. The second kappa shape index (κ2) is 5.61. The van der Waals surface area contributed by atoms with E-state index in [9.17, 15) is 9.59 Å². The van der Waals surface area contributed by atoms with E-state index in [-0.39, 0.29) is 17.7 Å². The standard InChI is InChI=1S/C18H22N4O2/c1-20(11-16-19-14-5-3-4-6-15(14)21(16)2)18(24)12-9-17(23)22(10-12)13-7-8-13/h3-6,12-13H,7-11H2,1-2H3/t12-/m0/s1. The van der Waals surface area contributed by atoms with Crippen LogP contribution in [0.3, 0.4) is 0 Å². The molecular weight excluding hydrogens is 304 g/mol. The quantitative estimate of drug-likeness (QED) is 0.856. The Labute approximate surface area is 141 Å². The molecule has 6 nitrogen and oxygen atoms in total. The summed E-state index contributed by atoms with van der Waals surface area (Å²) >= 11 is 0. The molecule has 0 N–H and O–H groups in total. The fraction of sp³-hybridized carbons (Fsp3) is 0.500. The molecule has 126 valence electrons. The van der Waals surface area contributed by atoms with Crippen molar-refractivity contribution in [1.29, 1.82) is 0 Å². The molecular formula is C18H22N4O2. The first-order valence-corrected chi connectivity index (χ1v) is 8.49. The fourth-order valence-electron chi connectivity index (χ4n) is 3.57. The van der Waals surface area contributed by atoms with Gasteiger partial charge in [-0.2, -0.15) is 0 Å². The summed E-state index contributed by atoms with van der Waals surface area (Å²) in [5.74, 6) is 0.818. The van der Waals surface area contributed by atoms with Crippen molar-refractivity contribution in [3.8, 4) is 0 Å². The van der Waals surface area contributed by atoms with Gasteiger partial charge >= 0.3 is 0 Å². The van der Waals surface area contributed by atoms with Crippen LogP contribution < -0.4 is 0 Å². The largest absolute Gasteiger partial charge is 0.339 e. The van der Waals surface area contributed by atoms with E-state index in [4.69, 9.17) is 0 Å². The average molecular weight is 326 g/mol. The Bertz CT molecular complexity index is 808. The molecule has 0 bridgehead atoms. The number of rotatable bonds is 4. The Morgan fingerprint density at radius 3 is 2.79 bits per heavy atom. The highest BCUT2D eigenvalue weighted by Crippen LogP contribution is 2.33. The molecule has 1 aromatic heterocycles. The van der Waals surface area contributed by atoms with Gasteiger partial charge in [-0.05, 0) is 25.0 Å². The second-order valence-corrected chi connectivity index (χ2v) is 6.95. The Kier molecular flexibility index (Phi) is 3.55. The van der Waals surface area contributed by atoms with Crippen LogP contribution in [0.2, 0.25) is 0 Å². The van der Waals surface area contributed by atoms with Crippen molar-refractivity contribution < 1.29 is 9.59 Å². The van der Waals surface area contributed by atoms with Crippen LogP contribution in [-0.4, -0.2) is 50.8 Å². The minimum Gasteiger partial charge on any atom is -0.339 e. The lowest BCUT2D eigenvalue weighted by Gasteiger charge is -2.21. The van der Waals surface area contributed by atoms with Crippen molar-refractivity contribution >= 4 is 22.8 Å². The van der Waals surface area contributed by atoms with Crippen LogP contribution in [0.1, 0.15) is 25.1 Å². The number of carbonyl (C=O) groups is 2.